The van der Waals surface area contributed by atoms with Crippen molar-refractivity contribution >= 4 is 11.7 Å². The highest BCUT2D eigenvalue weighted by Gasteiger charge is 2.19. The van der Waals surface area contributed by atoms with Crippen molar-refractivity contribution < 1.29 is 9.53 Å². The molecule has 2 rings (SSSR count). The number of anilines is 1. The molecule has 0 saturated carbocycles. The summed E-state index contributed by atoms with van der Waals surface area (Å²) in [5, 5.41) is 0. The first kappa shape index (κ1) is 12.9. The number of benzene rings is 1. The number of carbonyl (C=O) groups is 1. The van der Waals surface area contributed by atoms with Gasteiger partial charge in [0.2, 0.25) is 0 Å². The zero-order chi connectivity index (χ0) is 13.2. The third-order valence-electron chi connectivity index (χ3n) is 2.95. The highest BCUT2D eigenvalue weighted by Crippen LogP contribution is 2.22. The van der Waals surface area contributed by atoms with Crippen molar-refractivity contribution in [1.82, 2.24) is 0 Å². The smallest absolute Gasteiger partial charge is 0.338 e. The van der Waals surface area contributed by atoms with E-state index in [0.717, 1.165) is 18.8 Å². The highest BCUT2D eigenvalue weighted by atomic mass is 16.6. The average Bonchev–Trinajstić information content (AvgIpc) is 2.80. The lowest BCUT2D eigenvalue weighted by Gasteiger charge is -2.21. The van der Waals surface area contributed by atoms with E-state index in [1.54, 1.807) is 0 Å². The van der Waals surface area contributed by atoms with E-state index in [4.69, 9.17) is 4.74 Å². The van der Waals surface area contributed by atoms with Gasteiger partial charge in [-0.1, -0.05) is 6.07 Å². The van der Waals surface area contributed by atoms with Gasteiger partial charge in [0.05, 0.1) is 5.56 Å². The van der Waals surface area contributed by atoms with E-state index in [1.165, 1.54) is 12.8 Å². The summed E-state index contributed by atoms with van der Waals surface area (Å²) in [6.07, 6.45) is 2.47. The Hall–Kier alpha value is -1.51. The molecular weight excluding hydrogens is 226 g/mol. The molecule has 1 fully saturated rings. The Kier molecular flexibility index (Phi) is 3.60. The highest BCUT2D eigenvalue weighted by molar-refractivity contribution is 5.90. The molecule has 0 bridgehead atoms. The first-order chi connectivity index (χ1) is 8.46. The molecule has 1 heterocycles. The standard InChI is InChI=1S/C15H21NO2/c1-15(2,3)18-14(17)12-7-6-8-13(11-12)16-9-4-5-10-16/h6-8,11H,4-5,9-10H2,1-3H3. The predicted octanol–water partition coefficient (Wildman–Crippen LogP) is 3.24. The molecule has 1 aliphatic rings. The quantitative estimate of drug-likeness (QED) is 0.751. The van der Waals surface area contributed by atoms with Gasteiger partial charge in [0.25, 0.3) is 0 Å². The minimum Gasteiger partial charge on any atom is -0.456 e. The maximum absolute atomic E-state index is 12.0. The summed E-state index contributed by atoms with van der Waals surface area (Å²) in [7, 11) is 0. The lowest BCUT2D eigenvalue weighted by molar-refractivity contribution is 0.00696. The molecular formula is C15H21NO2. The van der Waals surface area contributed by atoms with Crippen LogP contribution in [0.4, 0.5) is 5.69 Å². The van der Waals surface area contributed by atoms with Crippen LogP contribution in [-0.2, 0) is 4.74 Å². The molecule has 98 valence electrons. The van der Waals surface area contributed by atoms with Crippen LogP contribution in [0.15, 0.2) is 24.3 Å². The molecule has 0 amide bonds. The molecule has 1 saturated heterocycles. The summed E-state index contributed by atoms with van der Waals surface area (Å²) >= 11 is 0. The first-order valence-electron chi connectivity index (χ1n) is 6.54. The summed E-state index contributed by atoms with van der Waals surface area (Å²) in [4.78, 5) is 14.3. The van der Waals surface area contributed by atoms with Gasteiger partial charge in [-0.25, -0.2) is 4.79 Å². The average molecular weight is 247 g/mol. The van der Waals surface area contributed by atoms with Gasteiger partial charge in [-0.2, -0.15) is 0 Å². The lowest BCUT2D eigenvalue weighted by Crippen LogP contribution is -2.24. The van der Waals surface area contributed by atoms with Crippen molar-refractivity contribution in [2.45, 2.75) is 39.2 Å². The predicted molar refractivity (Wildman–Crippen MR) is 73.1 cm³/mol. The fraction of sp³-hybridized carbons (Fsp3) is 0.533. The zero-order valence-electron chi connectivity index (χ0n) is 11.4. The van der Waals surface area contributed by atoms with Crippen LogP contribution >= 0.6 is 0 Å². The Morgan fingerprint density at radius 1 is 1.22 bits per heavy atom. The van der Waals surface area contributed by atoms with Crippen LogP contribution in [0.25, 0.3) is 0 Å². The van der Waals surface area contributed by atoms with E-state index in [-0.39, 0.29) is 5.97 Å². The molecule has 0 unspecified atom stereocenters. The number of hydrogen-bond donors (Lipinski definition) is 0. The maximum atomic E-state index is 12.0. The van der Waals surface area contributed by atoms with E-state index >= 15 is 0 Å². The van der Waals surface area contributed by atoms with Crippen LogP contribution < -0.4 is 4.90 Å². The Morgan fingerprint density at radius 3 is 2.50 bits per heavy atom. The fourth-order valence-electron chi connectivity index (χ4n) is 2.14. The molecule has 0 N–H and O–H groups in total. The van der Waals surface area contributed by atoms with Gasteiger partial charge < -0.3 is 9.64 Å². The van der Waals surface area contributed by atoms with Gasteiger partial charge in [-0.15, -0.1) is 0 Å². The molecule has 0 aliphatic carbocycles. The van der Waals surface area contributed by atoms with Crippen LogP contribution in [-0.4, -0.2) is 24.7 Å². The summed E-state index contributed by atoms with van der Waals surface area (Å²) in [6.45, 7) is 7.81. The Balaban J connectivity index is 2.14. The van der Waals surface area contributed by atoms with Crippen LogP contribution in [0.5, 0.6) is 0 Å². The lowest BCUT2D eigenvalue weighted by atomic mass is 10.1. The number of hydrogen-bond acceptors (Lipinski definition) is 3. The van der Waals surface area contributed by atoms with Crippen molar-refractivity contribution in [3.63, 3.8) is 0 Å². The zero-order valence-corrected chi connectivity index (χ0v) is 11.4. The van der Waals surface area contributed by atoms with Crippen LogP contribution in [0, 0.1) is 0 Å². The third-order valence-corrected chi connectivity index (χ3v) is 2.95. The number of esters is 1. The van der Waals surface area contributed by atoms with Crippen molar-refractivity contribution in [1.29, 1.82) is 0 Å². The monoisotopic (exact) mass is 247 g/mol. The van der Waals surface area contributed by atoms with E-state index in [2.05, 4.69) is 11.0 Å². The minimum atomic E-state index is -0.444. The SMILES string of the molecule is CC(C)(C)OC(=O)c1cccc(N2CCCC2)c1. The number of rotatable bonds is 2. The normalized spacial score (nSPS) is 15.8. The minimum absolute atomic E-state index is 0.247. The van der Waals surface area contributed by atoms with E-state index in [0.29, 0.717) is 5.56 Å². The molecule has 1 aromatic rings. The van der Waals surface area contributed by atoms with Crippen molar-refractivity contribution in [2.24, 2.45) is 0 Å². The largest absolute Gasteiger partial charge is 0.456 e. The molecule has 1 aromatic carbocycles. The molecule has 0 spiro atoms. The second-order valence-electron chi connectivity index (χ2n) is 5.75. The molecule has 0 aromatic heterocycles. The maximum Gasteiger partial charge on any atom is 0.338 e. The second kappa shape index (κ2) is 5.01. The topological polar surface area (TPSA) is 29.5 Å². The van der Waals surface area contributed by atoms with Gasteiger partial charge in [-0.05, 0) is 51.8 Å². The fourth-order valence-corrected chi connectivity index (χ4v) is 2.14. The Bertz CT molecular complexity index is 428. The van der Waals surface area contributed by atoms with Crippen LogP contribution in [0.2, 0.25) is 0 Å². The molecule has 3 nitrogen and oxygen atoms in total. The van der Waals surface area contributed by atoms with E-state index in [9.17, 15) is 4.79 Å². The van der Waals surface area contributed by atoms with Crippen molar-refractivity contribution in [3.8, 4) is 0 Å². The molecule has 1 aliphatic heterocycles. The summed E-state index contributed by atoms with van der Waals surface area (Å²) in [5.41, 5.74) is 1.31. The van der Waals surface area contributed by atoms with Crippen molar-refractivity contribution in [2.75, 3.05) is 18.0 Å². The summed E-state index contributed by atoms with van der Waals surface area (Å²) < 4.78 is 5.38. The number of ether oxygens (including phenoxy) is 1. The van der Waals surface area contributed by atoms with Gasteiger partial charge in [0.15, 0.2) is 0 Å². The van der Waals surface area contributed by atoms with Gasteiger partial charge >= 0.3 is 5.97 Å². The Morgan fingerprint density at radius 2 is 1.89 bits per heavy atom. The Labute approximate surface area is 109 Å². The number of carbonyl (C=O) groups excluding carboxylic acids is 1. The summed E-state index contributed by atoms with van der Waals surface area (Å²) in [6, 6.07) is 7.72. The van der Waals surface area contributed by atoms with Crippen molar-refractivity contribution in [3.05, 3.63) is 29.8 Å². The third kappa shape index (κ3) is 3.25. The van der Waals surface area contributed by atoms with Crippen LogP contribution in [0.3, 0.4) is 0 Å². The van der Waals surface area contributed by atoms with Gasteiger partial charge in [0.1, 0.15) is 5.60 Å². The van der Waals surface area contributed by atoms with Gasteiger partial charge in [-0.3, -0.25) is 0 Å². The number of nitrogens with zero attached hydrogens (tertiary/aromatic N) is 1. The van der Waals surface area contributed by atoms with Crippen LogP contribution in [0.1, 0.15) is 44.0 Å². The summed E-state index contributed by atoms with van der Waals surface area (Å²) in [5.74, 6) is -0.247. The van der Waals surface area contributed by atoms with E-state index < -0.39 is 5.60 Å². The molecule has 18 heavy (non-hydrogen) atoms. The second-order valence-corrected chi connectivity index (χ2v) is 5.75. The molecule has 0 atom stereocenters. The molecule has 3 heteroatoms. The van der Waals surface area contributed by atoms with E-state index in [1.807, 2.05) is 39.0 Å². The first-order valence-corrected chi connectivity index (χ1v) is 6.54. The van der Waals surface area contributed by atoms with Gasteiger partial charge in [0, 0.05) is 18.8 Å². The molecule has 0 radical (unpaired) electrons.